The van der Waals surface area contributed by atoms with Gasteiger partial charge in [0.2, 0.25) is 5.91 Å². The molecule has 0 fully saturated rings. The van der Waals surface area contributed by atoms with Crippen molar-refractivity contribution in [2.45, 2.75) is 6.54 Å². The van der Waals surface area contributed by atoms with Crippen molar-refractivity contribution in [3.05, 3.63) is 95.1 Å². The molecular formula is C26H24N4O4. The fraction of sp³-hybridized carbons (Fsp3) is 0.115. The van der Waals surface area contributed by atoms with E-state index in [0.717, 1.165) is 11.1 Å². The first-order valence-corrected chi connectivity index (χ1v) is 10.6. The van der Waals surface area contributed by atoms with E-state index < -0.39 is 5.91 Å². The number of amides is 1. The van der Waals surface area contributed by atoms with Gasteiger partial charge in [-0.15, -0.1) is 0 Å². The van der Waals surface area contributed by atoms with Crippen LogP contribution in [-0.4, -0.2) is 41.3 Å². The maximum absolute atomic E-state index is 11.6. The van der Waals surface area contributed by atoms with Gasteiger partial charge in [-0.05, 0) is 29.8 Å². The van der Waals surface area contributed by atoms with E-state index in [1.54, 1.807) is 18.2 Å². The fourth-order valence-electron chi connectivity index (χ4n) is 3.64. The number of rotatable bonds is 8. The molecule has 34 heavy (non-hydrogen) atoms. The average Bonchev–Trinajstić information content (AvgIpc) is 3.18. The summed E-state index contributed by atoms with van der Waals surface area (Å²) in [5, 5.41) is 14.5. The van der Waals surface area contributed by atoms with Crippen molar-refractivity contribution in [2.24, 2.45) is 10.7 Å². The Morgan fingerprint density at radius 2 is 1.76 bits per heavy atom. The topological polar surface area (TPSA) is 130 Å². The number of aromatic hydroxyl groups is 1. The number of H-pyrrole nitrogens is 1. The summed E-state index contributed by atoms with van der Waals surface area (Å²) >= 11 is 0. The molecule has 172 valence electrons. The maximum Gasteiger partial charge on any atom is 0.319 e. The third-order valence-corrected chi connectivity index (χ3v) is 5.35. The van der Waals surface area contributed by atoms with Crippen molar-refractivity contribution >= 4 is 34.2 Å². The summed E-state index contributed by atoms with van der Waals surface area (Å²) in [5.41, 5.74) is 9.93. The summed E-state index contributed by atoms with van der Waals surface area (Å²) in [6, 6.07) is 22.1. The van der Waals surface area contributed by atoms with Crippen LogP contribution in [-0.2, 0) is 16.1 Å². The number of carbonyl (C=O) groups excluding carboxylic acids is 2. The Balaban J connectivity index is 1.72. The number of hydrogen-bond acceptors (Lipinski definition) is 6. The Morgan fingerprint density at radius 3 is 2.44 bits per heavy atom. The number of ether oxygens (including phenoxy) is 1. The van der Waals surface area contributed by atoms with E-state index in [1.807, 2.05) is 54.6 Å². The molecule has 1 aromatic heterocycles. The van der Waals surface area contributed by atoms with Crippen molar-refractivity contribution in [3.63, 3.8) is 0 Å². The first-order chi connectivity index (χ1) is 16.5. The Kier molecular flexibility index (Phi) is 6.70. The quantitative estimate of drug-likeness (QED) is 0.238. The number of primary amides is 1. The highest BCUT2D eigenvalue weighted by atomic mass is 16.5. The van der Waals surface area contributed by atoms with Gasteiger partial charge in [0.1, 0.15) is 0 Å². The predicted molar refractivity (Wildman–Crippen MR) is 130 cm³/mol. The minimum atomic E-state index is -0.546. The Morgan fingerprint density at radius 1 is 1.03 bits per heavy atom. The van der Waals surface area contributed by atoms with Gasteiger partial charge in [-0.1, -0.05) is 48.5 Å². The molecule has 0 aliphatic carbocycles. The number of carbonyl (C=O) groups is 2. The van der Waals surface area contributed by atoms with E-state index in [1.165, 1.54) is 7.11 Å². The molecule has 8 heteroatoms. The Hall–Kier alpha value is -4.43. The van der Waals surface area contributed by atoms with Gasteiger partial charge in [0.25, 0.3) is 0 Å². The van der Waals surface area contributed by atoms with E-state index >= 15 is 0 Å². The van der Waals surface area contributed by atoms with Gasteiger partial charge in [-0.3, -0.25) is 9.59 Å². The van der Waals surface area contributed by atoms with Gasteiger partial charge in [0.15, 0.2) is 5.88 Å². The summed E-state index contributed by atoms with van der Waals surface area (Å²) in [4.78, 5) is 30.6. The molecule has 0 unspecified atom stereocenters. The molecule has 8 nitrogen and oxygen atoms in total. The van der Waals surface area contributed by atoms with Crippen LogP contribution < -0.4 is 11.1 Å². The first kappa shape index (κ1) is 22.8. The second-order valence-corrected chi connectivity index (χ2v) is 7.65. The van der Waals surface area contributed by atoms with Crippen LogP contribution in [0.5, 0.6) is 5.88 Å². The van der Waals surface area contributed by atoms with Gasteiger partial charge in [0, 0.05) is 28.6 Å². The number of aromatic amines is 1. The van der Waals surface area contributed by atoms with E-state index in [9.17, 15) is 14.7 Å². The van der Waals surface area contributed by atoms with Crippen molar-refractivity contribution in [3.8, 4) is 5.88 Å². The second kappa shape index (κ2) is 10.0. The standard InChI is InChI=1S/C26H24N4O4/c1-34-22(31)15-28-14-16-7-10-19(11-8-16)29-24(17-5-3-2-4-6-17)23-20-12-9-18(25(27)32)13-21(20)30-26(23)33/h2-13,28,30,33H,14-15H2,1H3,(H2,27,32). The monoisotopic (exact) mass is 456 g/mol. The lowest BCUT2D eigenvalue weighted by atomic mass is 10.00. The van der Waals surface area contributed by atoms with Crippen LogP contribution >= 0.6 is 0 Å². The SMILES string of the molecule is COC(=O)CNCc1ccc(N=C(c2ccccc2)c2c(O)[nH]c3cc(C(N)=O)ccc23)cc1. The zero-order valence-electron chi connectivity index (χ0n) is 18.5. The zero-order chi connectivity index (χ0) is 24.1. The van der Waals surface area contributed by atoms with Crippen LogP contribution in [0.3, 0.4) is 0 Å². The summed E-state index contributed by atoms with van der Waals surface area (Å²) < 4.78 is 4.62. The average molecular weight is 457 g/mol. The summed E-state index contributed by atoms with van der Waals surface area (Å²) in [6.45, 7) is 0.641. The normalized spacial score (nSPS) is 11.5. The van der Waals surface area contributed by atoms with Crippen LogP contribution in [0.25, 0.3) is 10.9 Å². The molecule has 4 aromatic rings. The van der Waals surface area contributed by atoms with Crippen LogP contribution in [0.2, 0.25) is 0 Å². The highest BCUT2D eigenvalue weighted by Gasteiger charge is 2.19. The van der Waals surface area contributed by atoms with Gasteiger partial charge < -0.3 is 25.9 Å². The molecule has 3 aromatic carbocycles. The molecule has 5 N–H and O–H groups in total. The summed E-state index contributed by atoms with van der Waals surface area (Å²) in [7, 11) is 1.35. The van der Waals surface area contributed by atoms with Crippen molar-refractivity contribution in [1.82, 2.24) is 10.3 Å². The number of nitrogens with zero attached hydrogens (tertiary/aromatic N) is 1. The number of hydrogen-bond donors (Lipinski definition) is 4. The number of nitrogens with one attached hydrogen (secondary N) is 2. The van der Waals surface area contributed by atoms with Crippen LogP contribution in [0.15, 0.2) is 77.8 Å². The second-order valence-electron chi connectivity index (χ2n) is 7.65. The van der Waals surface area contributed by atoms with Crippen molar-refractivity contribution < 1.29 is 19.4 Å². The molecule has 4 rings (SSSR count). The van der Waals surface area contributed by atoms with Crippen LogP contribution in [0, 0.1) is 0 Å². The highest BCUT2D eigenvalue weighted by Crippen LogP contribution is 2.32. The number of aromatic nitrogens is 1. The maximum atomic E-state index is 11.6. The number of benzene rings is 3. The minimum absolute atomic E-state index is 0.0529. The highest BCUT2D eigenvalue weighted by molar-refractivity contribution is 6.22. The van der Waals surface area contributed by atoms with Crippen molar-refractivity contribution in [1.29, 1.82) is 0 Å². The molecule has 0 saturated carbocycles. The van der Waals surface area contributed by atoms with Crippen LogP contribution in [0.4, 0.5) is 5.69 Å². The number of aliphatic imine (C=N–C) groups is 1. The predicted octanol–water partition coefficient (Wildman–Crippen LogP) is 3.40. The van der Waals surface area contributed by atoms with Gasteiger partial charge in [-0.2, -0.15) is 0 Å². The lowest BCUT2D eigenvalue weighted by Gasteiger charge is -2.09. The smallest absolute Gasteiger partial charge is 0.319 e. The third kappa shape index (κ3) is 4.97. The molecule has 0 atom stereocenters. The molecule has 0 bridgehead atoms. The minimum Gasteiger partial charge on any atom is -0.494 e. The molecule has 1 amide bonds. The largest absolute Gasteiger partial charge is 0.494 e. The first-order valence-electron chi connectivity index (χ1n) is 10.6. The molecule has 0 aliphatic rings. The number of esters is 1. The van der Waals surface area contributed by atoms with E-state index in [2.05, 4.69) is 15.0 Å². The number of fused-ring (bicyclic) bond motifs is 1. The van der Waals surface area contributed by atoms with Gasteiger partial charge in [-0.25, -0.2) is 4.99 Å². The third-order valence-electron chi connectivity index (χ3n) is 5.35. The summed E-state index contributed by atoms with van der Waals surface area (Å²) in [6.07, 6.45) is 0. The van der Waals surface area contributed by atoms with E-state index in [-0.39, 0.29) is 18.4 Å². The molecule has 1 heterocycles. The van der Waals surface area contributed by atoms with Crippen molar-refractivity contribution in [2.75, 3.05) is 13.7 Å². The lowest BCUT2D eigenvalue weighted by Crippen LogP contribution is -2.23. The van der Waals surface area contributed by atoms with Gasteiger partial charge in [0.05, 0.1) is 30.6 Å². The lowest BCUT2D eigenvalue weighted by molar-refractivity contribution is -0.139. The molecule has 0 saturated heterocycles. The Labute approximate surface area is 196 Å². The molecule has 0 radical (unpaired) electrons. The number of nitrogens with two attached hydrogens (primary N) is 1. The number of methoxy groups -OCH3 is 1. The van der Waals surface area contributed by atoms with E-state index in [0.29, 0.717) is 40.0 Å². The van der Waals surface area contributed by atoms with E-state index in [4.69, 9.17) is 10.7 Å². The Bertz CT molecular complexity index is 1360. The molecule has 0 aliphatic heterocycles. The summed E-state index contributed by atoms with van der Waals surface area (Å²) in [5.74, 6) is -0.922. The molecular weight excluding hydrogens is 432 g/mol. The van der Waals surface area contributed by atoms with Crippen LogP contribution in [0.1, 0.15) is 27.0 Å². The van der Waals surface area contributed by atoms with Gasteiger partial charge >= 0.3 is 5.97 Å². The molecule has 0 spiro atoms. The fourth-order valence-corrected chi connectivity index (χ4v) is 3.64. The zero-order valence-corrected chi connectivity index (χ0v) is 18.5.